The summed E-state index contributed by atoms with van der Waals surface area (Å²) in [5, 5.41) is 4.11. The van der Waals surface area contributed by atoms with E-state index < -0.39 is 0 Å². The van der Waals surface area contributed by atoms with E-state index in [0.29, 0.717) is 19.7 Å². The van der Waals surface area contributed by atoms with Crippen molar-refractivity contribution in [3.05, 3.63) is 48.3 Å². The van der Waals surface area contributed by atoms with E-state index in [9.17, 15) is 0 Å². The highest BCUT2D eigenvalue weighted by Crippen LogP contribution is 2.16. The molecule has 4 heteroatoms. The fourth-order valence-corrected chi connectivity index (χ4v) is 1.52. The maximum absolute atomic E-state index is 5.70. The molecule has 2 aromatic rings. The van der Waals surface area contributed by atoms with Gasteiger partial charge in [0.2, 0.25) is 0 Å². The summed E-state index contributed by atoms with van der Waals surface area (Å²) in [5.41, 5.74) is 6.23. The highest BCUT2D eigenvalue weighted by molar-refractivity contribution is 5.45. The third-order valence-corrected chi connectivity index (χ3v) is 2.35. The number of benzene rings is 1. The fraction of sp³-hybridized carbons (Fsp3) is 0.214. The van der Waals surface area contributed by atoms with Gasteiger partial charge in [0.1, 0.15) is 12.4 Å². The summed E-state index contributed by atoms with van der Waals surface area (Å²) in [6.07, 6.45) is 3.66. The smallest absolute Gasteiger partial charge is 0.135 e. The van der Waals surface area contributed by atoms with Crippen molar-refractivity contribution in [2.75, 3.05) is 13.2 Å². The minimum Gasteiger partial charge on any atom is -0.490 e. The lowest BCUT2D eigenvalue weighted by molar-refractivity contribution is 0.290. The van der Waals surface area contributed by atoms with Crippen molar-refractivity contribution in [1.82, 2.24) is 9.78 Å². The van der Waals surface area contributed by atoms with Gasteiger partial charge in [0.25, 0.3) is 0 Å². The average molecular weight is 241 g/mol. The molecule has 0 saturated heterocycles. The number of nitrogens with zero attached hydrogens (tertiary/aromatic N) is 2. The lowest BCUT2D eigenvalue weighted by Crippen LogP contribution is -2.09. The van der Waals surface area contributed by atoms with Gasteiger partial charge in [-0.25, -0.2) is 0 Å². The second-order valence-electron chi connectivity index (χ2n) is 3.62. The van der Waals surface area contributed by atoms with Crippen LogP contribution in [0.3, 0.4) is 0 Å². The quantitative estimate of drug-likeness (QED) is 0.820. The minimum atomic E-state index is 0.349. The molecule has 0 spiro atoms. The summed E-state index contributed by atoms with van der Waals surface area (Å²) < 4.78 is 7.53. The van der Waals surface area contributed by atoms with Crippen molar-refractivity contribution in [3.8, 4) is 17.6 Å². The zero-order valence-corrected chi connectivity index (χ0v) is 10.0. The van der Waals surface area contributed by atoms with E-state index in [0.717, 1.165) is 11.3 Å². The highest BCUT2D eigenvalue weighted by atomic mass is 16.5. The summed E-state index contributed by atoms with van der Waals surface area (Å²) in [6, 6.07) is 9.58. The maximum atomic E-state index is 5.70. The summed E-state index contributed by atoms with van der Waals surface area (Å²) in [5.74, 6) is 6.61. The third kappa shape index (κ3) is 3.37. The molecule has 2 rings (SSSR count). The minimum absolute atomic E-state index is 0.349. The Morgan fingerprint density at radius 1 is 1.28 bits per heavy atom. The van der Waals surface area contributed by atoms with Crippen LogP contribution in [-0.4, -0.2) is 22.9 Å². The molecule has 0 radical (unpaired) electrons. The van der Waals surface area contributed by atoms with Gasteiger partial charge < -0.3 is 10.5 Å². The molecular weight excluding hydrogens is 226 g/mol. The molecule has 0 aliphatic rings. The molecule has 1 aromatic carbocycles. The summed E-state index contributed by atoms with van der Waals surface area (Å²) >= 11 is 0. The fourth-order valence-electron chi connectivity index (χ4n) is 1.52. The number of rotatable bonds is 4. The van der Waals surface area contributed by atoms with Gasteiger partial charge in [-0.3, -0.25) is 4.68 Å². The largest absolute Gasteiger partial charge is 0.490 e. The molecule has 0 fully saturated rings. The van der Waals surface area contributed by atoms with Gasteiger partial charge in [-0.2, -0.15) is 5.10 Å². The molecule has 18 heavy (non-hydrogen) atoms. The van der Waals surface area contributed by atoms with Crippen LogP contribution < -0.4 is 10.5 Å². The van der Waals surface area contributed by atoms with E-state index in [1.165, 1.54) is 0 Å². The Kier molecular flexibility index (Phi) is 4.39. The van der Waals surface area contributed by atoms with Crippen LogP contribution in [0.4, 0.5) is 0 Å². The van der Waals surface area contributed by atoms with E-state index in [1.54, 1.807) is 6.20 Å². The second-order valence-corrected chi connectivity index (χ2v) is 3.62. The Balaban J connectivity index is 1.96. The molecule has 0 aliphatic carbocycles. The molecule has 1 aromatic heterocycles. The number of nitrogens with two attached hydrogens (primary N) is 1. The van der Waals surface area contributed by atoms with E-state index in [2.05, 4.69) is 16.9 Å². The van der Waals surface area contributed by atoms with Crippen molar-refractivity contribution in [3.63, 3.8) is 0 Å². The normalized spacial score (nSPS) is 9.61. The van der Waals surface area contributed by atoms with Crippen LogP contribution in [-0.2, 0) is 6.54 Å². The molecule has 0 unspecified atom stereocenters. The Labute approximate surface area is 106 Å². The Morgan fingerprint density at radius 2 is 2.17 bits per heavy atom. The van der Waals surface area contributed by atoms with Crippen LogP contribution in [0.15, 0.2) is 42.7 Å². The summed E-state index contributed by atoms with van der Waals surface area (Å²) in [7, 11) is 0. The molecule has 0 bridgehead atoms. The Hall–Kier alpha value is -2.25. The molecular formula is C14H15N3O. The van der Waals surface area contributed by atoms with Crippen LogP contribution in [0.25, 0.3) is 0 Å². The van der Waals surface area contributed by atoms with E-state index >= 15 is 0 Å². The van der Waals surface area contributed by atoms with Crippen LogP contribution in [0, 0.1) is 11.8 Å². The first-order chi connectivity index (χ1) is 8.90. The lowest BCUT2D eigenvalue weighted by Gasteiger charge is -2.08. The first-order valence-corrected chi connectivity index (χ1v) is 5.78. The summed E-state index contributed by atoms with van der Waals surface area (Å²) in [6.45, 7) is 1.62. The predicted molar refractivity (Wildman–Crippen MR) is 70.1 cm³/mol. The Bertz CT molecular complexity index is 538. The topological polar surface area (TPSA) is 53.1 Å². The van der Waals surface area contributed by atoms with Crippen molar-refractivity contribution >= 4 is 0 Å². The zero-order valence-electron chi connectivity index (χ0n) is 10.0. The van der Waals surface area contributed by atoms with Crippen LogP contribution in [0.1, 0.15) is 5.56 Å². The maximum Gasteiger partial charge on any atom is 0.135 e. The van der Waals surface area contributed by atoms with Gasteiger partial charge in [-0.15, -0.1) is 0 Å². The van der Waals surface area contributed by atoms with Gasteiger partial charge in [0.05, 0.1) is 18.7 Å². The number of hydrogen-bond acceptors (Lipinski definition) is 3. The number of aromatic nitrogens is 2. The number of para-hydroxylation sites is 1. The van der Waals surface area contributed by atoms with Crippen molar-refractivity contribution in [2.45, 2.75) is 6.54 Å². The van der Waals surface area contributed by atoms with E-state index in [-0.39, 0.29) is 0 Å². The number of ether oxygens (including phenoxy) is 1. The standard InChI is InChI=1S/C14H15N3O/c15-8-3-6-13-5-1-2-7-14(13)18-12-11-17-10-4-9-16-17/h1-2,4-5,7,9-10H,8,11-12,15H2. The molecule has 0 atom stereocenters. The molecule has 92 valence electrons. The zero-order chi connectivity index (χ0) is 12.6. The average Bonchev–Trinajstić information content (AvgIpc) is 2.91. The van der Waals surface area contributed by atoms with Gasteiger partial charge in [-0.05, 0) is 18.2 Å². The molecule has 0 saturated carbocycles. The molecule has 0 amide bonds. The van der Waals surface area contributed by atoms with E-state index in [1.807, 2.05) is 41.2 Å². The first kappa shape index (κ1) is 12.2. The third-order valence-electron chi connectivity index (χ3n) is 2.35. The Morgan fingerprint density at radius 3 is 2.94 bits per heavy atom. The lowest BCUT2D eigenvalue weighted by atomic mass is 10.2. The molecule has 2 N–H and O–H groups in total. The van der Waals surface area contributed by atoms with Crippen LogP contribution in [0.5, 0.6) is 5.75 Å². The van der Waals surface area contributed by atoms with Gasteiger partial charge in [0.15, 0.2) is 0 Å². The monoisotopic (exact) mass is 241 g/mol. The molecule has 0 aliphatic heterocycles. The van der Waals surface area contributed by atoms with Gasteiger partial charge >= 0.3 is 0 Å². The van der Waals surface area contributed by atoms with Gasteiger partial charge in [-0.1, -0.05) is 24.0 Å². The van der Waals surface area contributed by atoms with Crippen LogP contribution >= 0.6 is 0 Å². The van der Waals surface area contributed by atoms with Gasteiger partial charge in [0, 0.05) is 12.4 Å². The predicted octanol–water partition coefficient (Wildman–Crippen LogP) is 1.27. The number of hydrogen-bond donors (Lipinski definition) is 1. The van der Waals surface area contributed by atoms with Crippen molar-refractivity contribution < 1.29 is 4.74 Å². The molecule has 1 heterocycles. The summed E-state index contributed by atoms with van der Waals surface area (Å²) in [4.78, 5) is 0. The second kappa shape index (κ2) is 6.48. The van der Waals surface area contributed by atoms with Crippen molar-refractivity contribution in [1.29, 1.82) is 0 Å². The SMILES string of the molecule is NCC#Cc1ccccc1OCCn1cccn1. The first-order valence-electron chi connectivity index (χ1n) is 5.78. The van der Waals surface area contributed by atoms with E-state index in [4.69, 9.17) is 10.5 Å². The molecule has 4 nitrogen and oxygen atoms in total. The van der Waals surface area contributed by atoms with Crippen molar-refractivity contribution in [2.24, 2.45) is 5.73 Å². The van der Waals surface area contributed by atoms with Crippen LogP contribution in [0.2, 0.25) is 0 Å². The highest BCUT2D eigenvalue weighted by Gasteiger charge is 1.99.